The highest BCUT2D eigenvalue weighted by molar-refractivity contribution is 5.85. The molecule has 1 unspecified atom stereocenters. The van der Waals surface area contributed by atoms with E-state index in [1.165, 1.54) is 0 Å². The number of carbonyl (C=O) groups is 1. The second kappa shape index (κ2) is 11.1. The Morgan fingerprint density at radius 2 is 2.00 bits per heavy atom. The predicted octanol–water partition coefficient (Wildman–Crippen LogP) is 2.32. The van der Waals surface area contributed by atoms with Crippen LogP contribution >= 0.6 is 24.8 Å². The van der Waals surface area contributed by atoms with Gasteiger partial charge in [0.25, 0.3) is 0 Å². The fourth-order valence-electron chi connectivity index (χ4n) is 2.00. The number of aromatic nitrogens is 2. The summed E-state index contributed by atoms with van der Waals surface area (Å²) in [6.07, 6.45) is 6.62. The van der Waals surface area contributed by atoms with Gasteiger partial charge in [0.15, 0.2) is 0 Å². The first-order valence-corrected chi connectivity index (χ1v) is 6.78. The van der Waals surface area contributed by atoms with Crippen molar-refractivity contribution in [2.24, 2.45) is 5.73 Å². The van der Waals surface area contributed by atoms with E-state index in [-0.39, 0.29) is 36.8 Å². The van der Waals surface area contributed by atoms with Crippen LogP contribution in [-0.4, -0.2) is 22.0 Å². The lowest BCUT2D eigenvalue weighted by Crippen LogP contribution is -2.28. The molecule has 22 heavy (non-hydrogen) atoms. The van der Waals surface area contributed by atoms with Gasteiger partial charge in [-0.25, -0.2) is 4.98 Å². The SMILES string of the molecule is Cl.Cl.NC(CC(=O)NCCCn1ccnc1)c1ccccc1. The van der Waals surface area contributed by atoms with Crippen LogP contribution in [0.5, 0.6) is 0 Å². The van der Waals surface area contributed by atoms with Gasteiger partial charge >= 0.3 is 0 Å². The molecule has 2 aromatic rings. The average molecular weight is 345 g/mol. The monoisotopic (exact) mass is 344 g/mol. The molecule has 0 aliphatic carbocycles. The zero-order chi connectivity index (χ0) is 14.2. The van der Waals surface area contributed by atoms with E-state index in [1.54, 1.807) is 12.5 Å². The first-order valence-electron chi connectivity index (χ1n) is 6.78. The molecule has 0 aliphatic heterocycles. The maximum atomic E-state index is 11.8. The molecule has 0 saturated carbocycles. The summed E-state index contributed by atoms with van der Waals surface area (Å²) in [7, 11) is 0. The number of rotatable bonds is 7. The van der Waals surface area contributed by atoms with Gasteiger partial charge in [0.05, 0.1) is 6.33 Å². The molecule has 0 aliphatic rings. The van der Waals surface area contributed by atoms with Gasteiger partial charge in [-0.1, -0.05) is 30.3 Å². The molecule has 3 N–H and O–H groups in total. The molecule has 0 saturated heterocycles. The minimum Gasteiger partial charge on any atom is -0.356 e. The molecule has 1 aromatic carbocycles. The largest absolute Gasteiger partial charge is 0.356 e. The lowest BCUT2D eigenvalue weighted by atomic mass is 10.0. The third-order valence-electron chi connectivity index (χ3n) is 3.11. The summed E-state index contributed by atoms with van der Waals surface area (Å²) < 4.78 is 1.99. The van der Waals surface area contributed by atoms with Gasteiger partial charge in [-0.05, 0) is 12.0 Å². The van der Waals surface area contributed by atoms with Gasteiger partial charge in [-0.15, -0.1) is 24.8 Å². The number of nitrogens with one attached hydrogen (secondary N) is 1. The minimum atomic E-state index is -0.246. The minimum absolute atomic E-state index is 0. The molecule has 1 amide bonds. The molecular weight excluding hydrogens is 323 g/mol. The van der Waals surface area contributed by atoms with Crippen LogP contribution in [0, 0.1) is 0 Å². The van der Waals surface area contributed by atoms with Gasteiger partial charge in [-0.2, -0.15) is 0 Å². The number of imidazole rings is 1. The first-order chi connectivity index (χ1) is 9.75. The number of benzene rings is 1. The second-order valence-corrected chi connectivity index (χ2v) is 4.73. The summed E-state index contributed by atoms with van der Waals surface area (Å²) in [5.74, 6) is -0.00742. The Balaban J connectivity index is 0.00000220. The molecule has 1 heterocycles. The third kappa shape index (κ3) is 6.93. The summed E-state index contributed by atoms with van der Waals surface area (Å²) in [5, 5.41) is 2.89. The van der Waals surface area contributed by atoms with Crippen LogP contribution in [0.25, 0.3) is 0 Å². The van der Waals surface area contributed by atoms with Crippen molar-refractivity contribution in [1.29, 1.82) is 0 Å². The number of aryl methyl sites for hydroxylation is 1. The first kappa shape index (κ1) is 20.4. The van der Waals surface area contributed by atoms with Crippen molar-refractivity contribution in [3.05, 3.63) is 54.6 Å². The van der Waals surface area contributed by atoms with Crippen molar-refractivity contribution in [3.63, 3.8) is 0 Å². The van der Waals surface area contributed by atoms with E-state index >= 15 is 0 Å². The highest BCUT2D eigenvalue weighted by Gasteiger charge is 2.10. The summed E-state index contributed by atoms with van der Waals surface area (Å²) in [5.41, 5.74) is 6.99. The Kier molecular flexibility index (Phi) is 10.3. The third-order valence-corrected chi connectivity index (χ3v) is 3.11. The summed E-state index contributed by atoms with van der Waals surface area (Å²) in [4.78, 5) is 15.7. The summed E-state index contributed by atoms with van der Waals surface area (Å²) >= 11 is 0. The zero-order valence-electron chi connectivity index (χ0n) is 12.2. The smallest absolute Gasteiger partial charge is 0.221 e. The van der Waals surface area contributed by atoms with E-state index in [2.05, 4.69) is 10.3 Å². The van der Waals surface area contributed by atoms with Gasteiger partial charge in [0, 0.05) is 37.9 Å². The van der Waals surface area contributed by atoms with Gasteiger partial charge in [0.1, 0.15) is 0 Å². The number of halogens is 2. The molecule has 0 fully saturated rings. The number of nitrogens with zero attached hydrogens (tertiary/aromatic N) is 2. The standard InChI is InChI=1S/C15H20N4O.2ClH/c16-14(13-5-2-1-3-6-13)11-15(20)18-7-4-9-19-10-8-17-12-19;;/h1-3,5-6,8,10,12,14H,4,7,9,11,16H2,(H,18,20);2*1H. The van der Waals surface area contributed by atoms with Crippen LogP contribution in [0.1, 0.15) is 24.4 Å². The van der Waals surface area contributed by atoms with Gasteiger partial charge in [-0.3, -0.25) is 4.79 Å². The van der Waals surface area contributed by atoms with Crippen molar-refractivity contribution in [3.8, 4) is 0 Å². The molecule has 2 rings (SSSR count). The molecule has 0 bridgehead atoms. The molecule has 5 nitrogen and oxygen atoms in total. The Labute approximate surface area is 143 Å². The van der Waals surface area contributed by atoms with Gasteiger partial charge in [0.2, 0.25) is 5.91 Å². The van der Waals surface area contributed by atoms with Crippen LogP contribution in [0.2, 0.25) is 0 Å². The number of hydrogen-bond acceptors (Lipinski definition) is 3. The average Bonchev–Trinajstić information content (AvgIpc) is 2.98. The summed E-state index contributed by atoms with van der Waals surface area (Å²) in [6.45, 7) is 1.50. The Hall–Kier alpha value is -1.56. The van der Waals surface area contributed by atoms with Crippen molar-refractivity contribution < 1.29 is 4.79 Å². The van der Waals surface area contributed by atoms with Crippen molar-refractivity contribution in [1.82, 2.24) is 14.9 Å². The van der Waals surface area contributed by atoms with Crippen LogP contribution in [0.15, 0.2) is 49.1 Å². The topological polar surface area (TPSA) is 72.9 Å². The number of hydrogen-bond donors (Lipinski definition) is 2. The lowest BCUT2D eigenvalue weighted by molar-refractivity contribution is -0.121. The lowest BCUT2D eigenvalue weighted by Gasteiger charge is -2.12. The highest BCUT2D eigenvalue weighted by atomic mass is 35.5. The van der Waals surface area contributed by atoms with Crippen LogP contribution in [0.4, 0.5) is 0 Å². The normalized spacial score (nSPS) is 11.0. The maximum Gasteiger partial charge on any atom is 0.221 e. The van der Waals surface area contributed by atoms with Crippen LogP contribution in [0.3, 0.4) is 0 Å². The fourth-order valence-corrected chi connectivity index (χ4v) is 2.00. The van der Waals surface area contributed by atoms with E-state index in [4.69, 9.17) is 5.73 Å². The molecule has 7 heteroatoms. The molecule has 0 radical (unpaired) electrons. The molecular formula is C15H22Cl2N4O. The number of nitrogens with two attached hydrogens (primary N) is 1. The van der Waals surface area contributed by atoms with Crippen molar-refractivity contribution in [2.45, 2.75) is 25.4 Å². The van der Waals surface area contributed by atoms with E-state index < -0.39 is 0 Å². The maximum absolute atomic E-state index is 11.8. The molecule has 1 aromatic heterocycles. The van der Waals surface area contributed by atoms with Crippen molar-refractivity contribution in [2.75, 3.05) is 6.54 Å². The Morgan fingerprint density at radius 1 is 1.27 bits per heavy atom. The van der Waals surface area contributed by atoms with Crippen LogP contribution < -0.4 is 11.1 Å². The highest BCUT2D eigenvalue weighted by Crippen LogP contribution is 2.12. The predicted molar refractivity (Wildman–Crippen MR) is 92.3 cm³/mol. The fraction of sp³-hybridized carbons (Fsp3) is 0.333. The molecule has 122 valence electrons. The van der Waals surface area contributed by atoms with E-state index in [0.717, 1.165) is 18.5 Å². The van der Waals surface area contributed by atoms with Crippen molar-refractivity contribution >= 4 is 30.7 Å². The Bertz CT molecular complexity index is 520. The van der Waals surface area contributed by atoms with E-state index in [1.807, 2.05) is 41.1 Å². The van der Waals surface area contributed by atoms with E-state index in [9.17, 15) is 4.79 Å². The van der Waals surface area contributed by atoms with E-state index in [0.29, 0.717) is 13.0 Å². The molecule has 1 atom stereocenters. The quantitative estimate of drug-likeness (QED) is 0.757. The van der Waals surface area contributed by atoms with Crippen LogP contribution in [-0.2, 0) is 11.3 Å². The zero-order valence-corrected chi connectivity index (χ0v) is 13.9. The van der Waals surface area contributed by atoms with Gasteiger partial charge < -0.3 is 15.6 Å². The number of carbonyl (C=O) groups excluding carboxylic acids is 1. The summed E-state index contributed by atoms with van der Waals surface area (Å²) in [6, 6.07) is 9.43. The molecule has 0 spiro atoms. The number of amides is 1. The Morgan fingerprint density at radius 3 is 2.64 bits per heavy atom. The second-order valence-electron chi connectivity index (χ2n) is 4.73.